The Morgan fingerprint density at radius 2 is 2.06 bits per heavy atom. The first-order valence-corrected chi connectivity index (χ1v) is 6.71. The van der Waals surface area contributed by atoms with Gasteiger partial charge in [0, 0.05) is 11.6 Å². The van der Waals surface area contributed by atoms with Crippen molar-refractivity contribution < 1.29 is 4.39 Å². The minimum absolute atomic E-state index is 0.0605. The Morgan fingerprint density at radius 1 is 1.24 bits per heavy atom. The van der Waals surface area contributed by atoms with Crippen molar-refractivity contribution in [2.45, 2.75) is 31.7 Å². The fraction of sp³-hybridized carbons (Fsp3) is 0.600. The summed E-state index contributed by atoms with van der Waals surface area (Å²) in [7, 11) is 1.96. The molecule has 17 heavy (non-hydrogen) atoms. The standard InChI is InChI=1S/C15H20FN/c1-17-15(12-4-2-3-5-14(12)16)13-9-10-6-7-11(13)8-10/h2-5,10-11,13,15,17H,6-9H2,1H3. The topological polar surface area (TPSA) is 12.0 Å². The number of benzene rings is 1. The molecule has 1 aromatic rings. The van der Waals surface area contributed by atoms with E-state index in [0.717, 1.165) is 17.4 Å². The number of fused-ring (bicyclic) bond motifs is 2. The third-order valence-electron chi connectivity index (χ3n) is 4.77. The van der Waals surface area contributed by atoms with E-state index in [9.17, 15) is 4.39 Å². The van der Waals surface area contributed by atoms with Crippen LogP contribution in [0.3, 0.4) is 0 Å². The molecule has 0 aliphatic heterocycles. The van der Waals surface area contributed by atoms with E-state index in [0.29, 0.717) is 5.92 Å². The fourth-order valence-corrected chi connectivity index (χ4v) is 4.03. The maximum absolute atomic E-state index is 13.9. The zero-order valence-electron chi connectivity index (χ0n) is 10.3. The van der Waals surface area contributed by atoms with Gasteiger partial charge >= 0.3 is 0 Å². The molecule has 3 rings (SSSR count). The quantitative estimate of drug-likeness (QED) is 0.842. The van der Waals surface area contributed by atoms with Gasteiger partial charge in [0.15, 0.2) is 0 Å². The molecule has 4 atom stereocenters. The molecule has 2 heteroatoms. The maximum atomic E-state index is 13.9. The van der Waals surface area contributed by atoms with Gasteiger partial charge in [0.1, 0.15) is 5.82 Å². The maximum Gasteiger partial charge on any atom is 0.127 e. The zero-order chi connectivity index (χ0) is 11.8. The average molecular weight is 233 g/mol. The van der Waals surface area contributed by atoms with Crippen LogP contribution >= 0.6 is 0 Å². The van der Waals surface area contributed by atoms with Gasteiger partial charge in [0.05, 0.1) is 0 Å². The molecule has 0 radical (unpaired) electrons. The van der Waals surface area contributed by atoms with Gasteiger partial charge in [-0.3, -0.25) is 0 Å². The van der Waals surface area contributed by atoms with E-state index < -0.39 is 0 Å². The second-order valence-electron chi connectivity index (χ2n) is 5.63. The molecule has 92 valence electrons. The van der Waals surface area contributed by atoms with Crippen LogP contribution < -0.4 is 5.32 Å². The van der Waals surface area contributed by atoms with Crippen LogP contribution in [0.2, 0.25) is 0 Å². The normalized spacial score (nSPS) is 32.9. The third kappa shape index (κ3) is 1.89. The number of rotatable bonds is 3. The van der Waals surface area contributed by atoms with E-state index in [2.05, 4.69) is 5.32 Å². The van der Waals surface area contributed by atoms with Crippen LogP contribution in [-0.4, -0.2) is 7.05 Å². The molecule has 0 saturated heterocycles. The molecule has 1 nitrogen and oxygen atoms in total. The van der Waals surface area contributed by atoms with E-state index in [1.54, 1.807) is 12.1 Å². The van der Waals surface area contributed by atoms with Crippen molar-refractivity contribution in [3.05, 3.63) is 35.6 Å². The molecular weight excluding hydrogens is 213 g/mol. The summed E-state index contributed by atoms with van der Waals surface area (Å²) in [4.78, 5) is 0. The second kappa shape index (κ2) is 4.41. The molecule has 1 N–H and O–H groups in total. The van der Waals surface area contributed by atoms with Gasteiger partial charge in [0.25, 0.3) is 0 Å². The highest BCUT2D eigenvalue weighted by Crippen LogP contribution is 2.52. The van der Waals surface area contributed by atoms with Crippen LogP contribution in [0.25, 0.3) is 0 Å². The van der Waals surface area contributed by atoms with Crippen LogP contribution in [-0.2, 0) is 0 Å². The monoisotopic (exact) mass is 233 g/mol. The Labute approximate surface area is 102 Å². The summed E-state index contributed by atoms with van der Waals surface area (Å²) in [6, 6.07) is 7.42. The van der Waals surface area contributed by atoms with Crippen molar-refractivity contribution in [2.24, 2.45) is 17.8 Å². The predicted octanol–water partition coefficient (Wildman–Crippen LogP) is 3.52. The minimum atomic E-state index is -0.0605. The highest BCUT2D eigenvalue weighted by atomic mass is 19.1. The molecule has 4 unspecified atom stereocenters. The Hall–Kier alpha value is -0.890. The van der Waals surface area contributed by atoms with Crippen LogP contribution in [0.4, 0.5) is 4.39 Å². The summed E-state index contributed by atoms with van der Waals surface area (Å²) in [6.07, 6.45) is 5.40. The summed E-state index contributed by atoms with van der Waals surface area (Å²) in [5, 5.41) is 3.35. The predicted molar refractivity (Wildman–Crippen MR) is 67.1 cm³/mol. The lowest BCUT2D eigenvalue weighted by molar-refractivity contribution is 0.255. The number of hydrogen-bond donors (Lipinski definition) is 1. The molecule has 2 saturated carbocycles. The van der Waals surface area contributed by atoms with E-state index >= 15 is 0 Å². The largest absolute Gasteiger partial charge is 0.313 e. The lowest BCUT2D eigenvalue weighted by Crippen LogP contribution is -2.29. The molecule has 2 aliphatic carbocycles. The lowest BCUT2D eigenvalue weighted by Gasteiger charge is -2.30. The van der Waals surface area contributed by atoms with Gasteiger partial charge < -0.3 is 5.32 Å². The Morgan fingerprint density at radius 3 is 2.65 bits per heavy atom. The van der Waals surface area contributed by atoms with Crippen molar-refractivity contribution in [3.8, 4) is 0 Å². The smallest absolute Gasteiger partial charge is 0.127 e. The van der Waals surface area contributed by atoms with E-state index in [1.165, 1.54) is 25.7 Å². The first-order chi connectivity index (χ1) is 8.29. The van der Waals surface area contributed by atoms with Gasteiger partial charge in [0.2, 0.25) is 0 Å². The van der Waals surface area contributed by atoms with Gasteiger partial charge in [-0.15, -0.1) is 0 Å². The summed E-state index contributed by atoms with van der Waals surface area (Å²) < 4.78 is 13.9. The Balaban J connectivity index is 1.87. The second-order valence-corrected chi connectivity index (χ2v) is 5.63. The van der Waals surface area contributed by atoms with Gasteiger partial charge in [-0.05, 0) is 50.1 Å². The van der Waals surface area contributed by atoms with Crippen molar-refractivity contribution in [1.82, 2.24) is 5.32 Å². The first-order valence-electron chi connectivity index (χ1n) is 6.71. The van der Waals surface area contributed by atoms with Crippen LogP contribution in [0.1, 0.15) is 37.3 Å². The summed E-state index contributed by atoms with van der Waals surface area (Å²) in [6.45, 7) is 0. The van der Waals surface area contributed by atoms with Gasteiger partial charge in [-0.1, -0.05) is 24.6 Å². The van der Waals surface area contributed by atoms with Crippen molar-refractivity contribution >= 4 is 0 Å². The molecule has 0 amide bonds. The lowest BCUT2D eigenvalue weighted by atomic mass is 9.80. The van der Waals surface area contributed by atoms with Gasteiger partial charge in [-0.2, -0.15) is 0 Å². The summed E-state index contributed by atoms with van der Waals surface area (Å²) in [5.41, 5.74) is 0.854. The number of nitrogens with one attached hydrogen (secondary N) is 1. The SMILES string of the molecule is CNC(c1ccccc1F)C1CC2CCC1C2. The highest BCUT2D eigenvalue weighted by molar-refractivity contribution is 5.23. The molecule has 0 heterocycles. The van der Waals surface area contributed by atoms with Gasteiger partial charge in [-0.25, -0.2) is 4.39 Å². The molecule has 2 fully saturated rings. The summed E-state index contributed by atoms with van der Waals surface area (Å²) in [5.74, 6) is 2.30. The van der Waals surface area contributed by atoms with Crippen molar-refractivity contribution in [3.63, 3.8) is 0 Å². The zero-order valence-corrected chi connectivity index (χ0v) is 10.3. The minimum Gasteiger partial charge on any atom is -0.313 e. The van der Waals surface area contributed by atoms with Crippen molar-refractivity contribution in [2.75, 3.05) is 7.05 Å². The van der Waals surface area contributed by atoms with Crippen LogP contribution in [0.15, 0.2) is 24.3 Å². The molecule has 0 aromatic heterocycles. The fourth-order valence-electron chi connectivity index (χ4n) is 4.03. The summed E-state index contributed by atoms with van der Waals surface area (Å²) >= 11 is 0. The van der Waals surface area contributed by atoms with Crippen LogP contribution in [0.5, 0.6) is 0 Å². The Kier molecular flexibility index (Phi) is 2.91. The van der Waals surface area contributed by atoms with E-state index in [1.807, 2.05) is 19.2 Å². The first kappa shape index (κ1) is 11.2. The third-order valence-corrected chi connectivity index (χ3v) is 4.77. The van der Waals surface area contributed by atoms with E-state index in [-0.39, 0.29) is 11.9 Å². The molecule has 2 bridgehead atoms. The molecule has 2 aliphatic rings. The molecule has 1 aromatic carbocycles. The molecular formula is C15H20FN. The highest BCUT2D eigenvalue weighted by Gasteiger charge is 2.43. The number of halogens is 1. The van der Waals surface area contributed by atoms with Crippen molar-refractivity contribution in [1.29, 1.82) is 0 Å². The van der Waals surface area contributed by atoms with E-state index in [4.69, 9.17) is 0 Å². The van der Waals surface area contributed by atoms with Crippen LogP contribution in [0, 0.1) is 23.6 Å². The molecule has 0 spiro atoms. The average Bonchev–Trinajstić information content (AvgIpc) is 2.95. The number of hydrogen-bond acceptors (Lipinski definition) is 1. The Bertz CT molecular complexity index is 404.